The van der Waals surface area contributed by atoms with Crippen molar-refractivity contribution >= 4 is 39.1 Å². The molecular formula is C10H9BrClNO. The molecule has 1 aromatic rings. The number of carbonyl (C=O) groups is 1. The molecule has 0 atom stereocenters. The van der Waals surface area contributed by atoms with Crippen LogP contribution in [0, 0.1) is 0 Å². The van der Waals surface area contributed by atoms with Gasteiger partial charge in [-0.25, -0.2) is 0 Å². The van der Waals surface area contributed by atoms with Gasteiger partial charge < -0.3 is 5.32 Å². The summed E-state index contributed by atoms with van der Waals surface area (Å²) in [4.78, 5) is 11.6. The van der Waals surface area contributed by atoms with Crippen LogP contribution in [-0.4, -0.2) is 5.91 Å². The Morgan fingerprint density at radius 3 is 2.71 bits per heavy atom. The van der Waals surface area contributed by atoms with Crippen molar-refractivity contribution in [1.29, 1.82) is 0 Å². The van der Waals surface area contributed by atoms with Gasteiger partial charge in [-0.2, -0.15) is 0 Å². The van der Waals surface area contributed by atoms with E-state index < -0.39 is 5.41 Å². The van der Waals surface area contributed by atoms with Crippen LogP contribution >= 0.6 is 27.5 Å². The lowest BCUT2D eigenvalue weighted by Gasteiger charge is -2.15. The summed E-state index contributed by atoms with van der Waals surface area (Å²) in [7, 11) is 0. The van der Waals surface area contributed by atoms with Crippen molar-refractivity contribution in [1.82, 2.24) is 0 Å². The second-order valence-corrected chi connectivity index (χ2v) is 5.15. The van der Waals surface area contributed by atoms with Crippen molar-refractivity contribution in [2.75, 3.05) is 5.32 Å². The highest BCUT2D eigenvalue weighted by molar-refractivity contribution is 9.10. The summed E-state index contributed by atoms with van der Waals surface area (Å²) in [6, 6.07) is 3.67. The fourth-order valence-electron chi connectivity index (χ4n) is 1.57. The Morgan fingerprint density at radius 2 is 2.07 bits per heavy atom. The number of carbonyl (C=O) groups excluding carboxylic acids is 1. The Morgan fingerprint density at radius 1 is 1.43 bits per heavy atom. The number of rotatable bonds is 0. The third kappa shape index (κ3) is 1.27. The van der Waals surface area contributed by atoms with E-state index in [0.717, 1.165) is 15.7 Å². The van der Waals surface area contributed by atoms with Gasteiger partial charge in [-0.05, 0) is 47.5 Å². The summed E-state index contributed by atoms with van der Waals surface area (Å²) < 4.78 is 0.822. The number of nitrogens with one attached hydrogen (secondary N) is 1. The van der Waals surface area contributed by atoms with E-state index in [9.17, 15) is 4.79 Å². The first-order chi connectivity index (χ1) is 6.43. The number of benzene rings is 1. The van der Waals surface area contributed by atoms with Crippen LogP contribution in [0.15, 0.2) is 16.6 Å². The SMILES string of the molecule is CC1(C)C(=O)Nc2cc(Cl)c(Br)cc21. The summed E-state index contributed by atoms with van der Waals surface area (Å²) in [6.45, 7) is 3.79. The zero-order valence-corrected chi connectivity index (χ0v) is 10.2. The Hall–Kier alpha value is -0.540. The molecule has 2 rings (SSSR count). The molecule has 0 bridgehead atoms. The summed E-state index contributed by atoms with van der Waals surface area (Å²) in [5.74, 6) is 0.0154. The summed E-state index contributed by atoms with van der Waals surface area (Å²) >= 11 is 9.28. The topological polar surface area (TPSA) is 29.1 Å². The number of halogens is 2. The molecule has 1 aliphatic rings. The van der Waals surface area contributed by atoms with Crippen LogP contribution in [0.5, 0.6) is 0 Å². The van der Waals surface area contributed by atoms with Gasteiger partial charge >= 0.3 is 0 Å². The van der Waals surface area contributed by atoms with E-state index in [1.165, 1.54) is 0 Å². The number of hydrogen-bond donors (Lipinski definition) is 1. The molecule has 1 aromatic carbocycles. The molecule has 0 saturated carbocycles. The molecule has 0 aromatic heterocycles. The highest BCUT2D eigenvalue weighted by atomic mass is 79.9. The van der Waals surface area contributed by atoms with E-state index in [4.69, 9.17) is 11.6 Å². The minimum atomic E-state index is -0.470. The van der Waals surface area contributed by atoms with Crippen LogP contribution in [0.2, 0.25) is 5.02 Å². The van der Waals surface area contributed by atoms with Crippen molar-refractivity contribution in [3.63, 3.8) is 0 Å². The molecule has 0 fully saturated rings. The van der Waals surface area contributed by atoms with Crippen molar-refractivity contribution in [2.24, 2.45) is 0 Å². The van der Waals surface area contributed by atoms with E-state index in [2.05, 4.69) is 21.2 Å². The summed E-state index contributed by atoms with van der Waals surface area (Å²) in [5.41, 5.74) is 1.33. The predicted octanol–water partition coefficient (Wildman–Crippen LogP) is 3.33. The average molecular weight is 275 g/mol. The van der Waals surface area contributed by atoms with E-state index in [1.54, 1.807) is 6.07 Å². The lowest BCUT2D eigenvalue weighted by Crippen LogP contribution is -2.26. The average Bonchev–Trinajstić information content (AvgIpc) is 2.28. The zero-order valence-electron chi connectivity index (χ0n) is 7.82. The molecule has 1 amide bonds. The number of fused-ring (bicyclic) bond motifs is 1. The van der Waals surface area contributed by atoms with Crippen LogP contribution in [0.3, 0.4) is 0 Å². The fraction of sp³-hybridized carbons (Fsp3) is 0.300. The third-order valence-corrected chi connectivity index (χ3v) is 3.75. The maximum Gasteiger partial charge on any atom is 0.234 e. The molecule has 0 aliphatic carbocycles. The minimum Gasteiger partial charge on any atom is -0.325 e. The van der Waals surface area contributed by atoms with Crippen LogP contribution < -0.4 is 5.32 Å². The van der Waals surface area contributed by atoms with E-state index in [1.807, 2.05) is 19.9 Å². The first-order valence-corrected chi connectivity index (χ1v) is 5.41. The zero-order chi connectivity index (χ0) is 10.5. The maximum atomic E-state index is 11.6. The van der Waals surface area contributed by atoms with Gasteiger partial charge in [0.05, 0.1) is 10.4 Å². The Kier molecular flexibility index (Phi) is 2.12. The van der Waals surface area contributed by atoms with Gasteiger partial charge in [0.15, 0.2) is 0 Å². The van der Waals surface area contributed by atoms with Crippen molar-refractivity contribution < 1.29 is 4.79 Å². The van der Waals surface area contributed by atoms with Gasteiger partial charge in [0.25, 0.3) is 0 Å². The van der Waals surface area contributed by atoms with E-state index in [0.29, 0.717) is 5.02 Å². The summed E-state index contributed by atoms with van der Waals surface area (Å²) in [5, 5.41) is 3.42. The van der Waals surface area contributed by atoms with Gasteiger partial charge in [-0.15, -0.1) is 0 Å². The molecule has 0 saturated heterocycles. The van der Waals surface area contributed by atoms with Gasteiger partial charge in [-0.3, -0.25) is 4.79 Å². The van der Waals surface area contributed by atoms with Crippen LogP contribution in [0.1, 0.15) is 19.4 Å². The van der Waals surface area contributed by atoms with E-state index >= 15 is 0 Å². The fourth-order valence-corrected chi connectivity index (χ4v) is 2.08. The minimum absolute atomic E-state index is 0.0154. The Bertz CT molecular complexity index is 428. The van der Waals surface area contributed by atoms with Gasteiger partial charge in [0.2, 0.25) is 5.91 Å². The molecule has 4 heteroatoms. The van der Waals surface area contributed by atoms with Gasteiger partial charge in [0.1, 0.15) is 0 Å². The Balaban J connectivity index is 2.67. The molecule has 1 aliphatic heterocycles. The number of amides is 1. The standard InChI is InChI=1S/C10H9BrClNO/c1-10(2)5-3-6(11)7(12)4-8(5)13-9(10)14/h3-4H,1-2H3,(H,13,14). The van der Waals surface area contributed by atoms with Crippen molar-refractivity contribution in [3.8, 4) is 0 Å². The first-order valence-electron chi connectivity index (χ1n) is 4.24. The highest BCUT2D eigenvalue weighted by Gasteiger charge is 2.38. The monoisotopic (exact) mass is 273 g/mol. The molecule has 0 radical (unpaired) electrons. The largest absolute Gasteiger partial charge is 0.325 e. The lowest BCUT2D eigenvalue weighted by atomic mass is 9.86. The quantitative estimate of drug-likeness (QED) is 0.772. The number of anilines is 1. The second-order valence-electron chi connectivity index (χ2n) is 3.89. The molecule has 1 N–H and O–H groups in total. The van der Waals surface area contributed by atoms with Crippen LogP contribution in [0.25, 0.3) is 0 Å². The van der Waals surface area contributed by atoms with Gasteiger partial charge in [-0.1, -0.05) is 11.6 Å². The van der Waals surface area contributed by atoms with E-state index in [-0.39, 0.29) is 5.91 Å². The maximum absolute atomic E-state index is 11.6. The smallest absolute Gasteiger partial charge is 0.234 e. The number of hydrogen-bond acceptors (Lipinski definition) is 1. The molecule has 0 unspecified atom stereocenters. The predicted molar refractivity (Wildman–Crippen MR) is 60.8 cm³/mol. The Labute approximate surface area is 95.8 Å². The third-order valence-electron chi connectivity index (χ3n) is 2.55. The molecule has 74 valence electrons. The van der Waals surface area contributed by atoms with Crippen molar-refractivity contribution in [2.45, 2.75) is 19.3 Å². The highest BCUT2D eigenvalue weighted by Crippen LogP contribution is 2.41. The second kappa shape index (κ2) is 2.97. The molecule has 2 nitrogen and oxygen atoms in total. The van der Waals surface area contributed by atoms with Gasteiger partial charge in [0, 0.05) is 10.2 Å². The first kappa shape index (κ1) is 9.99. The molecule has 0 spiro atoms. The normalized spacial score (nSPS) is 17.9. The van der Waals surface area contributed by atoms with Crippen molar-refractivity contribution in [3.05, 3.63) is 27.2 Å². The molecule has 1 heterocycles. The van der Waals surface area contributed by atoms with Crippen LogP contribution in [-0.2, 0) is 10.2 Å². The lowest BCUT2D eigenvalue weighted by molar-refractivity contribution is -0.119. The van der Waals surface area contributed by atoms with Crippen LogP contribution in [0.4, 0.5) is 5.69 Å². The molecular weight excluding hydrogens is 265 g/mol. The summed E-state index contributed by atoms with van der Waals surface area (Å²) in [6.07, 6.45) is 0. The molecule has 14 heavy (non-hydrogen) atoms.